The Kier molecular flexibility index (Phi) is 8.01. The second-order valence-electron chi connectivity index (χ2n) is 2.10. The topological polar surface area (TPSA) is 38.7 Å². The van der Waals surface area contributed by atoms with Gasteiger partial charge in [-0.05, 0) is 13.0 Å². The molecule has 0 aromatic carbocycles. The van der Waals surface area contributed by atoms with Crippen molar-refractivity contribution in [3.63, 3.8) is 0 Å². The van der Waals surface area contributed by atoms with E-state index in [2.05, 4.69) is 6.58 Å². The largest absolute Gasteiger partial charge is 0.373 e. The van der Waals surface area contributed by atoms with Crippen LogP contribution in [0.1, 0.15) is 6.92 Å². The normalized spacial score (nSPS) is 13.5. The first kappa shape index (κ1) is 11.4. The molecule has 1 unspecified atom stereocenters. The van der Waals surface area contributed by atoms with E-state index < -0.39 is 6.29 Å². The molecule has 0 saturated heterocycles. The Morgan fingerprint density at radius 3 is 2.83 bits per heavy atom. The SMILES string of the molecule is C=CCOC/C=C/C(O)OCC. The second-order valence-corrected chi connectivity index (χ2v) is 2.10. The van der Waals surface area contributed by atoms with Gasteiger partial charge in [-0.2, -0.15) is 0 Å². The average Bonchev–Trinajstić information content (AvgIpc) is 2.05. The highest BCUT2D eigenvalue weighted by atomic mass is 16.6. The van der Waals surface area contributed by atoms with Crippen molar-refractivity contribution >= 4 is 0 Å². The molecule has 0 amide bonds. The Balaban J connectivity index is 3.27. The number of aliphatic hydroxyl groups excluding tert-OH is 1. The number of aliphatic hydroxyl groups is 1. The molecule has 0 aliphatic heterocycles. The fraction of sp³-hybridized carbons (Fsp3) is 0.556. The minimum atomic E-state index is -0.817. The highest BCUT2D eigenvalue weighted by Crippen LogP contribution is 1.88. The van der Waals surface area contributed by atoms with Crippen LogP contribution in [0.15, 0.2) is 24.8 Å². The maximum Gasteiger partial charge on any atom is 0.174 e. The summed E-state index contributed by atoms with van der Waals surface area (Å²) in [6, 6.07) is 0. The highest BCUT2D eigenvalue weighted by Gasteiger charge is 1.93. The van der Waals surface area contributed by atoms with E-state index in [1.165, 1.54) is 0 Å². The number of rotatable bonds is 7. The molecule has 3 nitrogen and oxygen atoms in total. The van der Waals surface area contributed by atoms with Crippen LogP contribution in [0, 0.1) is 0 Å². The van der Waals surface area contributed by atoms with Crippen LogP contribution in [0.3, 0.4) is 0 Å². The van der Waals surface area contributed by atoms with Crippen LogP contribution in [0.2, 0.25) is 0 Å². The molecule has 0 radical (unpaired) electrons. The summed E-state index contributed by atoms with van der Waals surface area (Å²) in [4.78, 5) is 0. The fourth-order valence-corrected chi connectivity index (χ4v) is 0.618. The summed E-state index contributed by atoms with van der Waals surface area (Å²) < 4.78 is 9.88. The molecular formula is C9H16O3. The van der Waals surface area contributed by atoms with E-state index in [1.54, 1.807) is 18.2 Å². The Morgan fingerprint density at radius 1 is 1.50 bits per heavy atom. The summed E-state index contributed by atoms with van der Waals surface area (Å²) in [5.41, 5.74) is 0. The van der Waals surface area contributed by atoms with Crippen molar-refractivity contribution in [2.24, 2.45) is 0 Å². The molecule has 0 spiro atoms. The Hall–Kier alpha value is -0.640. The first-order valence-electron chi connectivity index (χ1n) is 3.96. The van der Waals surface area contributed by atoms with E-state index in [0.717, 1.165) is 0 Å². The maximum absolute atomic E-state index is 9.02. The van der Waals surface area contributed by atoms with Crippen molar-refractivity contribution in [1.29, 1.82) is 0 Å². The monoisotopic (exact) mass is 172 g/mol. The van der Waals surface area contributed by atoms with Gasteiger partial charge in [-0.25, -0.2) is 0 Å². The molecule has 0 heterocycles. The molecule has 0 bridgehead atoms. The maximum atomic E-state index is 9.02. The predicted molar refractivity (Wildman–Crippen MR) is 47.8 cm³/mol. The molecule has 0 aliphatic rings. The van der Waals surface area contributed by atoms with Gasteiger partial charge < -0.3 is 14.6 Å². The van der Waals surface area contributed by atoms with Crippen LogP contribution in [-0.2, 0) is 9.47 Å². The molecule has 70 valence electrons. The minimum Gasteiger partial charge on any atom is -0.373 e. The molecule has 12 heavy (non-hydrogen) atoms. The van der Waals surface area contributed by atoms with E-state index >= 15 is 0 Å². The Morgan fingerprint density at radius 2 is 2.25 bits per heavy atom. The van der Waals surface area contributed by atoms with Crippen molar-refractivity contribution in [1.82, 2.24) is 0 Å². The highest BCUT2D eigenvalue weighted by molar-refractivity contribution is 4.84. The van der Waals surface area contributed by atoms with Gasteiger partial charge in [0.1, 0.15) is 0 Å². The van der Waals surface area contributed by atoms with E-state index in [-0.39, 0.29) is 0 Å². The summed E-state index contributed by atoms with van der Waals surface area (Å²) in [5, 5.41) is 9.02. The molecular weight excluding hydrogens is 156 g/mol. The standard InChI is InChI=1S/C9H16O3/c1-3-7-11-8-5-6-9(10)12-4-2/h3,5-6,9-10H,1,4,7-8H2,2H3/b6-5+. The molecule has 0 rings (SSSR count). The van der Waals surface area contributed by atoms with Gasteiger partial charge in [0.05, 0.1) is 13.2 Å². The van der Waals surface area contributed by atoms with Crippen molar-refractivity contribution < 1.29 is 14.6 Å². The third-order valence-electron chi connectivity index (χ3n) is 1.09. The van der Waals surface area contributed by atoms with Gasteiger partial charge in [0, 0.05) is 6.61 Å². The molecule has 1 N–H and O–H groups in total. The van der Waals surface area contributed by atoms with Gasteiger partial charge in [0.2, 0.25) is 0 Å². The first-order chi connectivity index (χ1) is 5.81. The summed E-state index contributed by atoms with van der Waals surface area (Å²) in [6.45, 7) is 6.81. The second kappa shape index (κ2) is 8.46. The molecule has 0 saturated carbocycles. The van der Waals surface area contributed by atoms with Crippen LogP contribution in [0.4, 0.5) is 0 Å². The van der Waals surface area contributed by atoms with Gasteiger partial charge in [0.25, 0.3) is 0 Å². The quantitative estimate of drug-likeness (QED) is 0.355. The zero-order chi connectivity index (χ0) is 9.23. The van der Waals surface area contributed by atoms with Crippen LogP contribution in [0.5, 0.6) is 0 Å². The lowest BCUT2D eigenvalue weighted by molar-refractivity contribution is -0.0590. The van der Waals surface area contributed by atoms with Gasteiger partial charge in [-0.1, -0.05) is 12.2 Å². The summed E-state index contributed by atoms with van der Waals surface area (Å²) in [6.07, 6.45) is 4.12. The smallest absolute Gasteiger partial charge is 0.174 e. The van der Waals surface area contributed by atoms with Crippen LogP contribution < -0.4 is 0 Å². The molecule has 3 heteroatoms. The zero-order valence-electron chi connectivity index (χ0n) is 7.40. The molecule has 0 aromatic heterocycles. The van der Waals surface area contributed by atoms with Gasteiger partial charge in [-0.3, -0.25) is 0 Å². The molecule has 0 aromatic rings. The minimum absolute atomic E-state index is 0.468. The van der Waals surface area contributed by atoms with E-state index in [0.29, 0.717) is 19.8 Å². The number of hydrogen-bond acceptors (Lipinski definition) is 3. The third kappa shape index (κ3) is 7.47. The van der Waals surface area contributed by atoms with Crippen LogP contribution in [0.25, 0.3) is 0 Å². The van der Waals surface area contributed by atoms with Crippen LogP contribution >= 0.6 is 0 Å². The lowest BCUT2D eigenvalue weighted by Gasteiger charge is -2.03. The first-order valence-corrected chi connectivity index (χ1v) is 3.96. The van der Waals surface area contributed by atoms with E-state index in [9.17, 15) is 0 Å². The Labute approximate surface area is 73.3 Å². The predicted octanol–water partition coefficient (Wildman–Crippen LogP) is 1.10. The van der Waals surface area contributed by atoms with Crippen LogP contribution in [-0.4, -0.2) is 31.2 Å². The van der Waals surface area contributed by atoms with E-state index in [4.69, 9.17) is 14.6 Å². The lowest BCUT2D eigenvalue weighted by atomic mass is 10.5. The van der Waals surface area contributed by atoms with Crippen molar-refractivity contribution in [3.8, 4) is 0 Å². The molecule has 0 fully saturated rings. The molecule has 0 aliphatic carbocycles. The number of hydrogen-bond donors (Lipinski definition) is 1. The zero-order valence-corrected chi connectivity index (χ0v) is 7.40. The average molecular weight is 172 g/mol. The van der Waals surface area contributed by atoms with E-state index in [1.807, 2.05) is 6.92 Å². The van der Waals surface area contributed by atoms with Crippen molar-refractivity contribution in [2.75, 3.05) is 19.8 Å². The summed E-state index contributed by atoms with van der Waals surface area (Å²) in [5.74, 6) is 0. The third-order valence-corrected chi connectivity index (χ3v) is 1.09. The summed E-state index contributed by atoms with van der Waals surface area (Å²) in [7, 11) is 0. The fourth-order valence-electron chi connectivity index (χ4n) is 0.618. The number of ether oxygens (including phenoxy) is 2. The van der Waals surface area contributed by atoms with Crippen molar-refractivity contribution in [3.05, 3.63) is 24.8 Å². The van der Waals surface area contributed by atoms with Gasteiger partial charge in [-0.15, -0.1) is 6.58 Å². The van der Waals surface area contributed by atoms with Gasteiger partial charge in [0.15, 0.2) is 6.29 Å². The molecule has 1 atom stereocenters. The lowest BCUT2D eigenvalue weighted by Crippen LogP contribution is -2.07. The summed E-state index contributed by atoms with van der Waals surface area (Å²) >= 11 is 0. The van der Waals surface area contributed by atoms with Crippen molar-refractivity contribution in [2.45, 2.75) is 13.2 Å². The van der Waals surface area contributed by atoms with Gasteiger partial charge >= 0.3 is 0 Å². The Bertz CT molecular complexity index is 132.